The predicted molar refractivity (Wildman–Crippen MR) is 176 cm³/mol. The lowest BCUT2D eigenvalue weighted by Gasteiger charge is -2.14. The van der Waals surface area contributed by atoms with E-state index in [1.54, 1.807) is 0 Å². The normalized spacial score (nSPS) is 11.8. The molecule has 2 heterocycles. The summed E-state index contributed by atoms with van der Waals surface area (Å²) in [6, 6.07) is 54.3. The molecule has 0 aliphatic carbocycles. The first-order valence-corrected chi connectivity index (χ1v) is 14.4. The molecule has 9 aromatic rings. The first-order chi connectivity index (χ1) is 20.8. The van der Waals surface area contributed by atoms with Crippen LogP contribution in [0.2, 0.25) is 0 Å². The van der Waals surface area contributed by atoms with E-state index in [-0.39, 0.29) is 0 Å². The lowest BCUT2D eigenvalue weighted by molar-refractivity contribution is 0.673. The highest BCUT2D eigenvalue weighted by Gasteiger charge is 2.19. The van der Waals surface area contributed by atoms with Gasteiger partial charge in [-0.15, -0.1) is 0 Å². The van der Waals surface area contributed by atoms with Gasteiger partial charge < -0.3 is 8.98 Å². The number of furan rings is 1. The molecular formula is C40H25NO. The molecule has 2 nitrogen and oxygen atoms in total. The standard InChI is InChI=1S/C40H25NO/c1-3-11-26(12-4-1)29-23-30(27-13-5-2-6-14-27)25-31(24-29)41-35-17-9-7-16-34(35)39-36(41)22-20-28-19-21-33-32-15-8-10-18-37(32)42-40(33)38(28)39/h1-25H. The summed E-state index contributed by atoms with van der Waals surface area (Å²) in [5.41, 5.74) is 10.1. The number of nitrogens with zero attached hydrogens (tertiary/aromatic N) is 1. The monoisotopic (exact) mass is 535 g/mol. The smallest absolute Gasteiger partial charge is 0.143 e. The van der Waals surface area contributed by atoms with Crippen LogP contribution in [0.4, 0.5) is 0 Å². The minimum Gasteiger partial charge on any atom is -0.455 e. The Morgan fingerprint density at radius 3 is 1.76 bits per heavy atom. The van der Waals surface area contributed by atoms with Crippen LogP contribution in [0.3, 0.4) is 0 Å². The van der Waals surface area contributed by atoms with E-state index < -0.39 is 0 Å². The molecule has 0 unspecified atom stereocenters. The van der Waals surface area contributed by atoms with E-state index in [9.17, 15) is 0 Å². The summed E-state index contributed by atoms with van der Waals surface area (Å²) in [6.45, 7) is 0. The van der Waals surface area contributed by atoms with E-state index in [4.69, 9.17) is 4.42 Å². The minimum atomic E-state index is 0.920. The van der Waals surface area contributed by atoms with Gasteiger partial charge >= 0.3 is 0 Å². The van der Waals surface area contributed by atoms with Crippen LogP contribution in [0.1, 0.15) is 0 Å². The van der Waals surface area contributed by atoms with Crippen LogP contribution in [0, 0.1) is 0 Å². The predicted octanol–water partition coefficient (Wildman–Crippen LogP) is 11.2. The van der Waals surface area contributed by atoms with Crippen LogP contribution >= 0.6 is 0 Å². The van der Waals surface area contributed by atoms with Crippen LogP contribution in [0.5, 0.6) is 0 Å². The highest BCUT2D eigenvalue weighted by Crippen LogP contribution is 2.43. The Bertz CT molecular complexity index is 2390. The summed E-state index contributed by atoms with van der Waals surface area (Å²) >= 11 is 0. The number of para-hydroxylation sites is 2. The molecule has 0 fully saturated rings. The van der Waals surface area contributed by atoms with Crippen molar-refractivity contribution < 1.29 is 4.42 Å². The summed E-state index contributed by atoms with van der Waals surface area (Å²) in [6.07, 6.45) is 0. The second-order valence-electron chi connectivity index (χ2n) is 11.0. The molecule has 0 radical (unpaired) electrons. The Morgan fingerprint density at radius 1 is 0.405 bits per heavy atom. The van der Waals surface area contributed by atoms with Crippen molar-refractivity contribution >= 4 is 54.5 Å². The average molecular weight is 536 g/mol. The van der Waals surface area contributed by atoms with Crippen LogP contribution in [0.15, 0.2) is 156 Å². The van der Waals surface area contributed by atoms with Crippen LogP contribution in [0.25, 0.3) is 82.5 Å². The van der Waals surface area contributed by atoms with Gasteiger partial charge in [-0.3, -0.25) is 0 Å². The maximum atomic E-state index is 6.58. The van der Waals surface area contributed by atoms with Gasteiger partial charge in [-0.1, -0.05) is 109 Å². The maximum absolute atomic E-state index is 6.58. The highest BCUT2D eigenvalue weighted by molar-refractivity contribution is 6.29. The van der Waals surface area contributed by atoms with Gasteiger partial charge in [0, 0.05) is 32.6 Å². The Balaban J connectivity index is 1.42. The van der Waals surface area contributed by atoms with Crippen molar-refractivity contribution in [2.24, 2.45) is 0 Å². The first-order valence-electron chi connectivity index (χ1n) is 14.4. The number of aromatic nitrogens is 1. The maximum Gasteiger partial charge on any atom is 0.143 e. The largest absolute Gasteiger partial charge is 0.455 e. The van der Waals surface area contributed by atoms with Gasteiger partial charge in [0.15, 0.2) is 0 Å². The second kappa shape index (κ2) is 8.95. The molecule has 0 aliphatic rings. The molecule has 196 valence electrons. The Kier molecular flexibility index (Phi) is 4.93. The highest BCUT2D eigenvalue weighted by atomic mass is 16.3. The van der Waals surface area contributed by atoms with Crippen molar-refractivity contribution in [2.45, 2.75) is 0 Å². The molecule has 2 aromatic heterocycles. The summed E-state index contributed by atoms with van der Waals surface area (Å²) in [4.78, 5) is 0. The fourth-order valence-electron chi connectivity index (χ4n) is 6.66. The van der Waals surface area contributed by atoms with Crippen molar-refractivity contribution in [3.05, 3.63) is 152 Å². The third-order valence-electron chi connectivity index (χ3n) is 8.55. The molecule has 0 saturated heterocycles. The Labute approximate surface area is 242 Å². The zero-order valence-electron chi connectivity index (χ0n) is 22.8. The van der Waals surface area contributed by atoms with E-state index in [0.717, 1.165) is 27.6 Å². The molecule has 2 heteroatoms. The van der Waals surface area contributed by atoms with E-state index >= 15 is 0 Å². The van der Waals surface area contributed by atoms with Crippen LogP contribution in [-0.4, -0.2) is 4.57 Å². The summed E-state index contributed by atoms with van der Waals surface area (Å²) < 4.78 is 9.00. The number of hydrogen-bond acceptors (Lipinski definition) is 1. The Morgan fingerprint density at radius 2 is 1.02 bits per heavy atom. The van der Waals surface area contributed by atoms with E-state index in [2.05, 4.69) is 150 Å². The fraction of sp³-hybridized carbons (Fsp3) is 0. The van der Waals surface area contributed by atoms with E-state index in [1.807, 2.05) is 6.07 Å². The van der Waals surface area contributed by atoms with Crippen molar-refractivity contribution in [1.29, 1.82) is 0 Å². The molecule has 0 aliphatic heterocycles. The lowest BCUT2D eigenvalue weighted by Crippen LogP contribution is -1.96. The summed E-state index contributed by atoms with van der Waals surface area (Å²) in [7, 11) is 0. The Hall–Kier alpha value is -5.60. The lowest BCUT2D eigenvalue weighted by atomic mass is 9.98. The first kappa shape index (κ1) is 23.1. The zero-order chi connectivity index (χ0) is 27.6. The zero-order valence-corrected chi connectivity index (χ0v) is 22.8. The molecule has 7 aromatic carbocycles. The van der Waals surface area contributed by atoms with Crippen molar-refractivity contribution in [3.8, 4) is 27.9 Å². The number of benzene rings is 7. The van der Waals surface area contributed by atoms with E-state index in [0.29, 0.717) is 0 Å². The average Bonchev–Trinajstić information content (AvgIpc) is 3.61. The van der Waals surface area contributed by atoms with Crippen molar-refractivity contribution in [2.75, 3.05) is 0 Å². The summed E-state index contributed by atoms with van der Waals surface area (Å²) in [5, 5.41) is 7.09. The molecule has 9 rings (SSSR count). The van der Waals surface area contributed by atoms with Gasteiger partial charge in [-0.25, -0.2) is 0 Å². The molecule has 0 saturated carbocycles. The molecule has 0 atom stereocenters. The van der Waals surface area contributed by atoms with Gasteiger partial charge in [0.2, 0.25) is 0 Å². The topological polar surface area (TPSA) is 18.1 Å². The molecular weight excluding hydrogens is 510 g/mol. The molecule has 0 amide bonds. The number of fused-ring (bicyclic) bond motifs is 9. The van der Waals surface area contributed by atoms with Crippen molar-refractivity contribution in [3.63, 3.8) is 0 Å². The van der Waals surface area contributed by atoms with Crippen molar-refractivity contribution in [1.82, 2.24) is 4.57 Å². The van der Waals surface area contributed by atoms with E-state index in [1.165, 1.54) is 54.8 Å². The van der Waals surface area contributed by atoms with Gasteiger partial charge in [-0.2, -0.15) is 0 Å². The molecule has 0 N–H and O–H groups in total. The van der Waals surface area contributed by atoms with Crippen LogP contribution < -0.4 is 0 Å². The fourth-order valence-corrected chi connectivity index (χ4v) is 6.66. The van der Waals surface area contributed by atoms with Gasteiger partial charge in [-0.05, 0) is 70.1 Å². The molecule has 0 spiro atoms. The van der Waals surface area contributed by atoms with Crippen LogP contribution in [-0.2, 0) is 0 Å². The SMILES string of the molecule is c1ccc(-c2cc(-c3ccccc3)cc(-n3c4ccccc4c4c5c(ccc6c7ccccc7oc65)ccc43)c2)cc1. The number of rotatable bonds is 3. The summed E-state index contributed by atoms with van der Waals surface area (Å²) in [5.74, 6) is 0. The minimum absolute atomic E-state index is 0.920. The molecule has 0 bridgehead atoms. The third kappa shape index (κ3) is 3.39. The molecule has 42 heavy (non-hydrogen) atoms. The number of hydrogen-bond donors (Lipinski definition) is 0. The van der Waals surface area contributed by atoms with Gasteiger partial charge in [0.05, 0.1) is 11.0 Å². The third-order valence-corrected chi connectivity index (χ3v) is 8.55. The second-order valence-corrected chi connectivity index (χ2v) is 11.0. The van der Waals surface area contributed by atoms with Gasteiger partial charge in [0.1, 0.15) is 11.2 Å². The van der Waals surface area contributed by atoms with Gasteiger partial charge in [0.25, 0.3) is 0 Å². The quantitative estimate of drug-likeness (QED) is 0.220.